The van der Waals surface area contributed by atoms with E-state index >= 15 is 0 Å². The molecule has 8 heteroatoms. The molecular formula is C32H35NO7. The van der Waals surface area contributed by atoms with Crippen molar-refractivity contribution in [2.24, 2.45) is 41.2 Å². The zero-order valence-electron chi connectivity index (χ0n) is 23.4. The lowest BCUT2D eigenvalue weighted by molar-refractivity contribution is -0.182. The Labute approximate surface area is 233 Å². The average molecular weight is 546 g/mol. The van der Waals surface area contributed by atoms with E-state index in [-0.39, 0.29) is 24.2 Å². The number of amides is 1. The molecule has 2 aromatic rings. The van der Waals surface area contributed by atoms with Crippen molar-refractivity contribution >= 4 is 29.0 Å². The van der Waals surface area contributed by atoms with Gasteiger partial charge in [0, 0.05) is 11.8 Å². The average Bonchev–Trinajstić information content (AvgIpc) is 2.88. The number of aryl methyl sites for hydroxylation is 1. The van der Waals surface area contributed by atoms with Crippen molar-refractivity contribution in [3.63, 3.8) is 0 Å². The van der Waals surface area contributed by atoms with Crippen LogP contribution in [0.2, 0.25) is 0 Å². The van der Waals surface area contributed by atoms with Crippen molar-refractivity contribution in [2.45, 2.75) is 59.0 Å². The Bertz CT molecular complexity index is 1470. The zero-order chi connectivity index (χ0) is 29.4. The van der Waals surface area contributed by atoms with Crippen molar-refractivity contribution in [3.8, 4) is 16.9 Å². The molecule has 0 bridgehead atoms. The van der Waals surface area contributed by atoms with Gasteiger partial charge in [-0.2, -0.15) is 0 Å². The van der Waals surface area contributed by atoms with Crippen molar-refractivity contribution < 1.29 is 34.2 Å². The number of carbonyl (C=O) groups is 5. The van der Waals surface area contributed by atoms with Gasteiger partial charge in [-0.05, 0) is 71.4 Å². The maximum Gasteiger partial charge on any atom is 0.235 e. The summed E-state index contributed by atoms with van der Waals surface area (Å²) in [6.45, 7) is 9.33. The Kier molecular flexibility index (Phi) is 6.61. The van der Waals surface area contributed by atoms with Gasteiger partial charge in [0.2, 0.25) is 5.91 Å². The van der Waals surface area contributed by atoms with Crippen LogP contribution in [0, 0.1) is 42.4 Å². The predicted octanol–water partition coefficient (Wildman–Crippen LogP) is 3.31. The molecular weight excluding hydrogens is 510 g/mol. The van der Waals surface area contributed by atoms with Crippen molar-refractivity contribution in [1.29, 1.82) is 0 Å². The third-order valence-corrected chi connectivity index (χ3v) is 9.39. The molecule has 0 saturated heterocycles. The molecule has 4 N–H and O–H groups in total. The molecule has 2 saturated carbocycles. The summed E-state index contributed by atoms with van der Waals surface area (Å²) in [6.07, 6.45) is 0.301. The number of phenolic OH excluding ortho intramolecular Hbond substituents is 1. The first-order valence-electron chi connectivity index (χ1n) is 13.9. The lowest BCUT2D eigenvalue weighted by atomic mass is 9.49. The number of nitrogens with two attached hydrogens (primary N) is 1. The van der Waals surface area contributed by atoms with Crippen LogP contribution >= 0.6 is 0 Å². The highest BCUT2D eigenvalue weighted by molar-refractivity contribution is 6.32. The van der Waals surface area contributed by atoms with Crippen LogP contribution in [-0.2, 0) is 25.6 Å². The number of aromatic hydroxyl groups is 1. The fourth-order valence-corrected chi connectivity index (χ4v) is 7.36. The summed E-state index contributed by atoms with van der Waals surface area (Å²) in [6, 6.07) is 9.82. The normalized spacial score (nSPS) is 29.9. The molecule has 3 aliphatic carbocycles. The number of carbonyl (C=O) groups excluding carboxylic acids is 5. The van der Waals surface area contributed by atoms with E-state index in [9.17, 15) is 34.2 Å². The molecule has 2 fully saturated rings. The molecule has 6 atom stereocenters. The van der Waals surface area contributed by atoms with Crippen LogP contribution in [0.3, 0.4) is 0 Å². The van der Waals surface area contributed by atoms with E-state index in [2.05, 4.69) is 13.8 Å². The fraction of sp³-hybridized carbons (Fsp3) is 0.469. The first-order valence-corrected chi connectivity index (χ1v) is 13.9. The second-order valence-corrected chi connectivity index (χ2v) is 12.4. The largest absolute Gasteiger partial charge is 0.507 e. The van der Waals surface area contributed by atoms with Crippen LogP contribution in [0.25, 0.3) is 11.1 Å². The van der Waals surface area contributed by atoms with Gasteiger partial charge in [0.05, 0.1) is 11.5 Å². The van der Waals surface area contributed by atoms with E-state index in [0.29, 0.717) is 17.0 Å². The van der Waals surface area contributed by atoms with Gasteiger partial charge in [-0.15, -0.1) is 0 Å². The minimum absolute atomic E-state index is 0.0192. The number of hydrogen-bond donors (Lipinski definition) is 3. The van der Waals surface area contributed by atoms with Crippen molar-refractivity contribution in [1.82, 2.24) is 0 Å². The zero-order valence-corrected chi connectivity index (χ0v) is 23.4. The summed E-state index contributed by atoms with van der Waals surface area (Å²) in [5.74, 6) is -11.1. The van der Waals surface area contributed by atoms with Gasteiger partial charge < -0.3 is 15.9 Å². The van der Waals surface area contributed by atoms with Gasteiger partial charge in [0.25, 0.3) is 0 Å². The second-order valence-electron chi connectivity index (χ2n) is 12.4. The minimum atomic E-state index is -2.69. The fourth-order valence-electron chi connectivity index (χ4n) is 7.36. The first kappa shape index (κ1) is 27.9. The highest BCUT2D eigenvalue weighted by Gasteiger charge is 2.69. The number of fused-ring (bicyclic) bond motifs is 3. The molecule has 2 unspecified atom stereocenters. The molecule has 0 radical (unpaired) electrons. The Morgan fingerprint density at radius 3 is 2.20 bits per heavy atom. The number of Topliss-reactive ketones (excluding diaryl/α,β-unsaturated/α-hetero) is 4. The highest BCUT2D eigenvalue weighted by atomic mass is 16.3. The standard InChI is InChI=1S/C32H35NO7/c1-13(2)16-6-8-17(9-7-16)19-10-15(5)26(34)24-20(19)11-18-12-21-22(14(3)4)27(35)25(31(33)39)30(38)32(21,40)29(37)23(18)28(24)36/h6-10,13-14,18,21-23,25,34,40H,11-12H2,1-5H3,(H2,33,39)/t18-,21-,22-,23?,25?,32-/m0/s1. The van der Waals surface area contributed by atoms with Gasteiger partial charge in [-0.1, -0.05) is 52.0 Å². The third-order valence-electron chi connectivity index (χ3n) is 9.39. The van der Waals surface area contributed by atoms with Gasteiger partial charge in [-0.25, -0.2) is 0 Å². The first-order chi connectivity index (χ1) is 18.7. The van der Waals surface area contributed by atoms with Crippen LogP contribution in [0.1, 0.15) is 67.1 Å². The summed E-state index contributed by atoms with van der Waals surface area (Å²) in [5, 5.41) is 22.8. The summed E-state index contributed by atoms with van der Waals surface area (Å²) in [5.41, 5.74) is 6.57. The quantitative estimate of drug-likeness (QED) is 0.499. The smallest absolute Gasteiger partial charge is 0.235 e. The van der Waals surface area contributed by atoms with E-state index in [1.54, 1.807) is 20.8 Å². The van der Waals surface area contributed by atoms with E-state index in [1.807, 2.05) is 30.3 Å². The lowest BCUT2D eigenvalue weighted by Crippen LogP contribution is -2.71. The molecule has 0 heterocycles. The highest BCUT2D eigenvalue weighted by Crippen LogP contribution is 2.54. The van der Waals surface area contributed by atoms with Crippen molar-refractivity contribution in [3.05, 3.63) is 52.6 Å². The van der Waals surface area contributed by atoms with Crippen LogP contribution in [0.15, 0.2) is 30.3 Å². The van der Waals surface area contributed by atoms with E-state index in [0.717, 1.165) is 16.7 Å². The number of aliphatic hydroxyl groups is 1. The van der Waals surface area contributed by atoms with Gasteiger partial charge in [0.15, 0.2) is 34.7 Å². The molecule has 0 spiro atoms. The molecule has 2 aromatic carbocycles. The Morgan fingerprint density at radius 1 is 1.02 bits per heavy atom. The summed E-state index contributed by atoms with van der Waals surface area (Å²) >= 11 is 0. The second kappa shape index (κ2) is 9.47. The molecule has 5 rings (SSSR count). The van der Waals surface area contributed by atoms with Crippen LogP contribution in [0.5, 0.6) is 5.75 Å². The minimum Gasteiger partial charge on any atom is -0.507 e. The molecule has 8 nitrogen and oxygen atoms in total. The number of hydrogen-bond acceptors (Lipinski definition) is 7. The molecule has 0 aliphatic heterocycles. The van der Waals surface area contributed by atoms with E-state index in [1.165, 1.54) is 0 Å². The predicted molar refractivity (Wildman–Crippen MR) is 146 cm³/mol. The lowest BCUT2D eigenvalue weighted by Gasteiger charge is -2.52. The maximum absolute atomic E-state index is 14.0. The Balaban J connectivity index is 1.66. The van der Waals surface area contributed by atoms with Gasteiger partial charge in [0.1, 0.15) is 5.75 Å². The summed E-state index contributed by atoms with van der Waals surface area (Å²) < 4.78 is 0. The molecule has 0 aromatic heterocycles. The maximum atomic E-state index is 14.0. The Hall–Kier alpha value is -3.65. The van der Waals surface area contributed by atoms with Gasteiger partial charge in [-0.3, -0.25) is 24.0 Å². The molecule has 210 valence electrons. The number of phenols is 1. The molecule has 3 aliphatic rings. The number of benzene rings is 2. The SMILES string of the molecule is Cc1cc(-c2ccc(C(C)C)cc2)c2c(c1O)C(=O)C1C(=O)[C@]3(O)C(=O)C(C(N)=O)C(=O)[C@@H](C(C)C)[C@@H]3C[C@@H]1C2. The van der Waals surface area contributed by atoms with E-state index < -0.39 is 70.1 Å². The third kappa shape index (κ3) is 3.79. The van der Waals surface area contributed by atoms with E-state index in [4.69, 9.17) is 5.73 Å². The van der Waals surface area contributed by atoms with Gasteiger partial charge >= 0.3 is 0 Å². The van der Waals surface area contributed by atoms with Crippen molar-refractivity contribution in [2.75, 3.05) is 0 Å². The molecule has 40 heavy (non-hydrogen) atoms. The Morgan fingerprint density at radius 2 is 1.65 bits per heavy atom. The molecule has 1 amide bonds. The summed E-state index contributed by atoms with van der Waals surface area (Å²) in [4.78, 5) is 66.9. The number of ketones is 4. The number of rotatable bonds is 4. The summed E-state index contributed by atoms with van der Waals surface area (Å²) in [7, 11) is 0. The van der Waals surface area contributed by atoms with Crippen LogP contribution < -0.4 is 5.73 Å². The van der Waals surface area contributed by atoms with Crippen LogP contribution in [-0.4, -0.2) is 44.9 Å². The number of primary amides is 1. The van der Waals surface area contributed by atoms with Crippen LogP contribution in [0.4, 0.5) is 0 Å². The monoisotopic (exact) mass is 545 g/mol. The topological polar surface area (TPSA) is 152 Å².